The molecule has 0 aliphatic carbocycles. The first-order valence-electron chi connectivity index (χ1n) is 7.09. The normalized spacial score (nSPS) is 19.5. The van der Waals surface area contributed by atoms with E-state index in [0.29, 0.717) is 18.2 Å². The average Bonchev–Trinajstić information content (AvgIpc) is 2.40. The largest absolute Gasteiger partial charge is 0.444 e. The van der Waals surface area contributed by atoms with E-state index >= 15 is 0 Å². The number of hydrogen-bond donors (Lipinski definition) is 1. The summed E-state index contributed by atoms with van der Waals surface area (Å²) in [7, 11) is 0. The molecule has 6 heteroatoms. The summed E-state index contributed by atoms with van der Waals surface area (Å²) in [5.74, 6) is 0. The van der Waals surface area contributed by atoms with Crippen molar-refractivity contribution >= 4 is 17.7 Å². The van der Waals surface area contributed by atoms with Crippen LogP contribution in [0.2, 0.25) is 5.15 Å². The van der Waals surface area contributed by atoms with E-state index < -0.39 is 5.60 Å². The molecule has 0 aromatic carbocycles. The Morgan fingerprint density at radius 3 is 2.86 bits per heavy atom. The lowest BCUT2D eigenvalue weighted by atomic mass is 10.1. The Morgan fingerprint density at radius 2 is 2.24 bits per heavy atom. The molecule has 2 heterocycles. The van der Waals surface area contributed by atoms with Gasteiger partial charge in [0.25, 0.3) is 0 Å². The fourth-order valence-corrected chi connectivity index (χ4v) is 2.34. The molecule has 1 amide bonds. The minimum Gasteiger partial charge on any atom is -0.444 e. The second kappa shape index (κ2) is 6.20. The van der Waals surface area contributed by atoms with Crippen LogP contribution in [0.5, 0.6) is 0 Å². The lowest BCUT2D eigenvalue weighted by Gasteiger charge is -2.35. The molecule has 0 saturated carbocycles. The summed E-state index contributed by atoms with van der Waals surface area (Å²) in [6.07, 6.45) is 1.48. The standard InChI is InChI=1S/C15H22ClN3O2/c1-10-7-11(8-18-13(10)16)12-9-19(6-5-17-12)14(20)21-15(2,3)4/h7-8,12,17H,5-6,9H2,1-4H3. The maximum atomic E-state index is 12.2. The predicted octanol–water partition coefficient (Wildman–Crippen LogP) is 2.92. The highest BCUT2D eigenvalue weighted by Crippen LogP contribution is 2.22. The monoisotopic (exact) mass is 311 g/mol. The zero-order chi connectivity index (χ0) is 15.6. The summed E-state index contributed by atoms with van der Waals surface area (Å²) in [6.45, 7) is 9.48. The number of halogens is 1. The number of nitrogens with one attached hydrogen (secondary N) is 1. The molecule has 1 saturated heterocycles. The Bertz CT molecular complexity index is 528. The van der Waals surface area contributed by atoms with Gasteiger partial charge in [0.1, 0.15) is 10.8 Å². The number of aromatic nitrogens is 1. The Kier molecular flexibility index (Phi) is 4.74. The summed E-state index contributed by atoms with van der Waals surface area (Å²) in [5, 5.41) is 3.91. The lowest BCUT2D eigenvalue weighted by Crippen LogP contribution is -2.49. The Hall–Kier alpha value is -1.33. The Morgan fingerprint density at radius 1 is 1.52 bits per heavy atom. The number of pyridine rings is 1. The first kappa shape index (κ1) is 16.0. The van der Waals surface area contributed by atoms with Crippen molar-refractivity contribution in [1.82, 2.24) is 15.2 Å². The molecule has 0 radical (unpaired) electrons. The van der Waals surface area contributed by atoms with Gasteiger partial charge >= 0.3 is 6.09 Å². The van der Waals surface area contributed by atoms with E-state index in [9.17, 15) is 4.79 Å². The van der Waals surface area contributed by atoms with E-state index in [2.05, 4.69) is 10.3 Å². The molecule has 1 aromatic heterocycles. The molecular weight excluding hydrogens is 290 g/mol. The molecule has 1 aliphatic heterocycles. The third kappa shape index (κ3) is 4.32. The van der Waals surface area contributed by atoms with Crippen molar-refractivity contribution in [3.63, 3.8) is 0 Å². The number of hydrogen-bond acceptors (Lipinski definition) is 4. The molecule has 5 nitrogen and oxygen atoms in total. The fourth-order valence-electron chi connectivity index (χ4n) is 2.24. The number of rotatable bonds is 1. The zero-order valence-corrected chi connectivity index (χ0v) is 13.7. The molecule has 2 rings (SSSR count). The van der Waals surface area contributed by atoms with Crippen LogP contribution in [0.15, 0.2) is 12.3 Å². The van der Waals surface area contributed by atoms with Crippen molar-refractivity contribution in [3.8, 4) is 0 Å². The van der Waals surface area contributed by atoms with Gasteiger partial charge in [-0.15, -0.1) is 0 Å². The van der Waals surface area contributed by atoms with E-state index in [4.69, 9.17) is 16.3 Å². The summed E-state index contributed by atoms with van der Waals surface area (Å²) < 4.78 is 5.43. The number of carbonyl (C=O) groups excluding carboxylic acids is 1. The van der Waals surface area contributed by atoms with Gasteiger partial charge in [-0.3, -0.25) is 0 Å². The quantitative estimate of drug-likeness (QED) is 0.810. The third-order valence-electron chi connectivity index (χ3n) is 3.27. The highest BCUT2D eigenvalue weighted by atomic mass is 35.5. The SMILES string of the molecule is Cc1cc(C2CN(C(=O)OC(C)(C)C)CCN2)cnc1Cl. The summed E-state index contributed by atoms with van der Waals surface area (Å²) in [6, 6.07) is 2.06. The average molecular weight is 312 g/mol. The van der Waals surface area contributed by atoms with Crippen LogP contribution in [0, 0.1) is 6.92 Å². The van der Waals surface area contributed by atoms with Crippen LogP contribution in [0.4, 0.5) is 4.79 Å². The number of piperazine rings is 1. The summed E-state index contributed by atoms with van der Waals surface area (Å²) in [5.41, 5.74) is 1.49. The second-order valence-corrected chi connectivity index (χ2v) is 6.67. The van der Waals surface area contributed by atoms with Crippen LogP contribution in [-0.2, 0) is 4.74 Å². The van der Waals surface area contributed by atoms with Crippen molar-refractivity contribution in [2.75, 3.05) is 19.6 Å². The minimum absolute atomic E-state index is 0.0507. The van der Waals surface area contributed by atoms with Gasteiger partial charge in [-0.2, -0.15) is 0 Å². The maximum Gasteiger partial charge on any atom is 0.410 e. The van der Waals surface area contributed by atoms with Crippen molar-refractivity contribution in [2.24, 2.45) is 0 Å². The van der Waals surface area contributed by atoms with Crippen LogP contribution in [0.25, 0.3) is 0 Å². The van der Waals surface area contributed by atoms with E-state index in [-0.39, 0.29) is 12.1 Å². The molecule has 1 N–H and O–H groups in total. The van der Waals surface area contributed by atoms with E-state index in [0.717, 1.165) is 17.7 Å². The molecule has 21 heavy (non-hydrogen) atoms. The van der Waals surface area contributed by atoms with E-state index in [1.807, 2.05) is 33.8 Å². The van der Waals surface area contributed by atoms with Gasteiger partial charge in [-0.05, 0) is 44.9 Å². The van der Waals surface area contributed by atoms with Gasteiger partial charge < -0.3 is 15.0 Å². The number of ether oxygens (including phenoxy) is 1. The van der Waals surface area contributed by atoms with Crippen LogP contribution in [0.1, 0.15) is 37.9 Å². The molecule has 0 bridgehead atoms. The van der Waals surface area contributed by atoms with E-state index in [1.54, 1.807) is 11.1 Å². The number of aryl methyl sites for hydroxylation is 1. The fraction of sp³-hybridized carbons (Fsp3) is 0.600. The Balaban J connectivity index is 2.06. The maximum absolute atomic E-state index is 12.2. The van der Waals surface area contributed by atoms with Gasteiger partial charge in [0, 0.05) is 25.8 Å². The second-order valence-electron chi connectivity index (χ2n) is 6.31. The molecule has 1 aromatic rings. The van der Waals surface area contributed by atoms with Gasteiger partial charge in [0.05, 0.1) is 6.04 Å². The molecule has 1 aliphatic rings. The van der Waals surface area contributed by atoms with Gasteiger partial charge in [-0.25, -0.2) is 9.78 Å². The first-order chi connectivity index (χ1) is 9.76. The van der Waals surface area contributed by atoms with Gasteiger partial charge in [0.2, 0.25) is 0 Å². The zero-order valence-electron chi connectivity index (χ0n) is 12.9. The number of carbonyl (C=O) groups is 1. The molecule has 1 atom stereocenters. The predicted molar refractivity (Wildman–Crippen MR) is 82.5 cm³/mol. The highest BCUT2D eigenvalue weighted by Gasteiger charge is 2.28. The van der Waals surface area contributed by atoms with E-state index in [1.165, 1.54) is 0 Å². The summed E-state index contributed by atoms with van der Waals surface area (Å²) in [4.78, 5) is 18.1. The lowest BCUT2D eigenvalue weighted by molar-refractivity contribution is 0.0195. The molecular formula is C15H22ClN3O2. The minimum atomic E-state index is -0.476. The molecule has 0 spiro atoms. The van der Waals surface area contributed by atoms with Crippen molar-refractivity contribution in [2.45, 2.75) is 39.3 Å². The van der Waals surface area contributed by atoms with Gasteiger partial charge in [0.15, 0.2) is 0 Å². The molecule has 116 valence electrons. The molecule has 1 unspecified atom stereocenters. The van der Waals surface area contributed by atoms with Crippen molar-refractivity contribution in [1.29, 1.82) is 0 Å². The van der Waals surface area contributed by atoms with Crippen LogP contribution < -0.4 is 5.32 Å². The topological polar surface area (TPSA) is 54.5 Å². The first-order valence-corrected chi connectivity index (χ1v) is 7.47. The summed E-state index contributed by atoms with van der Waals surface area (Å²) >= 11 is 5.96. The number of nitrogens with zero attached hydrogens (tertiary/aromatic N) is 2. The number of amides is 1. The Labute approximate surface area is 130 Å². The van der Waals surface area contributed by atoms with Crippen LogP contribution >= 0.6 is 11.6 Å². The highest BCUT2D eigenvalue weighted by molar-refractivity contribution is 6.30. The smallest absolute Gasteiger partial charge is 0.410 e. The van der Waals surface area contributed by atoms with Crippen molar-refractivity contribution < 1.29 is 9.53 Å². The van der Waals surface area contributed by atoms with Gasteiger partial charge in [-0.1, -0.05) is 11.6 Å². The molecule has 1 fully saturated rings. The van der Waals surface area contributed by atoms with Crippen LogP contribution in [0.3, 0.4) is 0 Å². The van der Waals surface area contributed by atoms with Crippen molar-refractivity contribution in [3.05, 3.63) is 28.5 Å². The van der Waals surface area contributed by atoms with Crippen LogP contribution in [-0.4, -0.2) is 41.2 Å². The third-order valence-corrected chi connectivity index (χ3v) is 3.66.